The molecule has 2 unspecified atom stereocenters. The van der Waals surface area contributed by atoms with Gasteiger partial charge in [0.1, 0.15) is 0 Å². The molecule has 1 heterocycles. The van der Waals surface area contributed by atoms with Crippen molar-refractivity contribution in [2.24, 2.45) is 5.92 Å². The Morgan fingerprint density at radius 2 is 2.00 bits per heavy atom. The van der Waals surface area contributed by atoms with E-state index in [0.29, 0.717) is 0 Å². The van der Waals surface area contributed by atoms with E-state index in [4.69, 9.17) is 0 Å². The van der Waals surface area contributed by atoms with Crippen LogP contribution in [-0.2, 0) is 0 Å². The van der Waals surface area contributed by atoms with Gasteiger partial charge in [-0.2, -0.15) is 0 Å². The molecule has 0 aliphatic carbocycles. The SMILES string of the molecule is CC1CCCN(CCNCCN(C)C)C1C. The first-order chi connectivity index (χ1) is 7.61. The molecule has 0 saturated carbocycles. The lowest BCUT2D eigenvalue weighted by Gasteiger charge is -2.38. The van der Waals surface area contributed by atoms with Gasteiger partial charge in [0.15, 0.2) is 0 Å². The van der Waals surface area contributed by atoms with Gasteiger partial charge < -0.3 is 10.2 Å². The third-order valence-corrected chi connectivity index (χ3v) is 3.82. The lowest BCUT2D eigenvalue weighted by molar-refractivity contribution is 0.115. The van der Waals surface area contributed by atoms with Gasteiger partial charge in [-0.25, -0.2) is 0 Å². The Morgan fingerprint density at radius 3 is 2.69 bits per heavy atom. The molecule has 1 saturated heterocycles. The van der Waals surface area contributed by atoms with E-state index >= 15 is 0 Å². The number of hydrogen-bond acceptors (Lipinski definition) is 3. The van der Waals surface area contributed by atoms with Crippen LogP contribution in [0.15, 0.2) is 0 Å². The second-order valence-corrected chi connectivity index (χ2v) is 5.45. The van der Waals surface area contributed by atoms with Crippen LogP contribution < -0.4 is 5.32 Å². The highest BCUT2D eigenvalue weighted by atomic mass is 15.2. The molecule has 2 atom stereocenters. The molecule has 0 spiro atoms. The second-order valence-electron chi connectivity index (χ2n) is 5.45. The van der Waals surface area contributed by atoms with E-state index in [-0.39, 0.29) is 0 Å². The Hall–Kier alpha value is -0.120. The molecule has 0 aromatic rings. The smallest absolute Gasteiger partial charge is 0.0110 e. The Labute approximate surface area is 101 Å². The summed E-state index contributed by atoms with van der Waals surface area (Å²) in [6.45, 7) is 10.6. The first-order valence-electron chi connectivity index (χ1n) is 6.70. The van der Waals surface area contributed by atoms with Crippen molar-refractivity contribution >= 4 is 0 Å². The molecule has 16 heavy (non-hydrogen) atoms. The predicted octanol–water partition coefficient (Wildman–Crippen LogP) is 1.26. The van der Waals surface area contributed by atoms with Crippen LogP contribution >= 0.6 is 0 Å². The Morgan fingerprint density at radius 1 is 1.25 bits per heavy atom. The van der Waals surface area contributed by atoms with Crippen molar-refractivity contribution in [3.63, 3.8) is 0 Å². The van der Waals surface area contributed by atoms with Gasteiger partial charge in [0, 0.05) is 32.2 Å². The summed E-state index contributed by atoms with van der Waals surface area (Å²) in [5.74, 6) is 0.871. The highest BCUT2D eigenvalue weighted by molar-refractivity contribution is 4.78. The van der Waals surface area contributed by atoms with Crippen LogP contribution in [0.2, 0.25) is 0 Å². The average molecular weight is 227 g/mol. The third-order valence-electron chi connectivity index (χ3n) is 3.82. The molecular formula is C13H29N3. The summed E-state index contributed by atoms with van der Waals surface area (Å²) in [7, 11) is 4.24. The number of likely N-dealkylation sites (tertiary alicyclic amines) is 1. The zero-order valence-electron chi connectivity index (χ0n) is 11.5. The summed E-state index contributed by atoms with van der Waals surface area (Å²) < 4.78 is 0. The maximum absolute atomic E-state index is 3.52. The Kier molecular flexibility index (Phi) is 6.32. The van der Waals surface area contributed by atoms with E-state index in [1.807, 2.05) is 0 Å². The number of hydrogen-bond donors (Lipinski definition) is 1. The standard InChI is InChI=1S/C13H29N3/c1-12-6-5-9-16(13(12)2)11-8-14-7-10-15(3)4/h12-14H,5-11H2,1-4H3. The number of likely N-dealkylation sites (N-methyl/N-ethyl adjacent to an activating group) is 1. The van der Waals surface area contributed by atoms with Crippen molar-refractivity contribution in [3.8, 4) is 0 Å². The molecule has 0 amide bonds. The summed E-state index contributed by atoms with van der Waals surface area (Å²) >= 11 is 0. The maximum atomic E-state index is 3.52. The van der Waals surface area contributed by atoms with Crippen LogP contribution in [0.3, 0.4) is 0 Å². The molecule has 0 radical (unpaired) electrons. The molecule has 96 valence electrons. The van der Waals surface area contributed by atoms with E-state index in [1.54, 1.807) is 0 Å². The molecule has 1 rings (SSSR count). The summed E-state index contributed by atoms with van der Waals surface area (Å²) in [4.78, 5) is 4.86. The summed E-state index contributed by atoms with van der Waals surface area (Å²) in [6.07, 6.45) is 2.79. The fourth-order valence-electron chi connectivity index (χ4n) is 2.39. The zero-order valence-corrected chi connectivity index (χ0v) is 11.5. The van der Waals surface area contributed by atoms with Gasteiger partial charge in [-0.1, -0.05) is 6.92 Å². The molecule has 3 heteroatoms. The van der Waals surface area contributed by atoms with Crippen molar-refractivity contribution < 1.29 is 0 Å². The quantitative estimate of drug-likeness (QED) is 0.689. The second kappa shape index (κ2) is 7.25. The molecule has 0 aromatic heterocycles. The molecule has 1 N–H and O–H groups in total. The van der Waals surface area contributed by atoms with E-state index in [9.17, 15) is 0 Å². The molecule has 0 bridgehead atoms. The van der Waals surface area contributed by atoms with Crippen LogP contribution in [-0.4, -0.2) is 62.7 Å². The van der Waals surface area contributed by atoms with Gasteiger partial charge in [-0.3, -0.25) is 4.90 Å². The van der Waals surface area contributed by atoms with Crippen LogP contribution in [0, 0.1) is 5.92 Å². The lowest BCUT2D eigenvalue weighted by Crippen LogP contribution is -2.45. The van der Waals surface area contributed by atoms with E-state index < -0.39 is 0 Å². The topological polar surface area (TPSA) is 18.5 Å². The largest absolute Gasteiger partial charge is 0.314 e. The van der Waals surface area contributed by atoms with Crippen LogP contribution in [0.25, 0.3) is 0 Å². The molecule has 0 aromatic carbocycles. The van der Waals surface area contributed by atoms with Gasteiger partial charge in [0.05, 0.1) is 0 Å². The predicted molar refractivity (Wildman–Crippen MR) is 70.9 cm³/mol. The van der Waals surface area contributed by atoms with Gasteiger partial charge in [-0.05, 0) is 46.3 Å². The Bertz CT molecular complexity index is 182. The zero-order chi connectivity index (χ0) is 12.0. The molecule has 3 nitrogen and oxygen atoms in total. The number of rotatable bonds is 6. The van der Waals surface area contributed by atoms with Gasteiger partial charge in [-0.15, -0.1) is 0 Å². The van der Waals surface area contributed by atoms with E-state index in [1.165, 1.54) is 25.9 Å². The normalized spacial score (nSPS) is 27.6. The van der Waals surface area contributed by atoms with E-state index in [2.05, 4.69) is 43.1 Å². The number of piperidine rings is 1. The first-order valence-corrected chi connectivity index (χ1v) is 6.70. The van der Waals surface area contributed by atoms with Crippen molar-refractivity contribution in [1.82, 2.24) is 15.1 Å². The first kappa shape index (κ1) is 13.9. The highest BCUT2D eigenvalue weighted by Gasteiger charge is 2.23. The Balaban J connectivity index is 2.07. The van der Waals surface area contributed by atoms with Crippen LogP contribution in [0.4, 0.5) is 0 Å². The van der Waals surface area contributed by atoms with E-state index in [0.717, 1.165) is 31.6 Å². The molecule has 1 aliphatic rings. The maximum Gasteiger partial charge on any atom is 0.0110 e. The fourth-order valence-corrected chi connectivity index (χ4v) is 2.39. The van der Waals surface area contributed by atoms with Gasteiger partial charge >= 0.3 is 0 Å². The van der Waals surface area contributed by atoms with Crippen molar-refractivity contribution in [3.05, 3.63) is 0 Å². The number of nitrogens with zero attached hydrogens (tertiary/aromatic N) is 2. The summed E-state index contributed by atoms with van der Waals surface area (Å²) in [5, 5.41) is 3.52. The van der Waals surface area contributed by atoms with Crippen molar-refractivity contribution in [2.75, 3.05) is 46.8 Å². The van der Waals surface area contributed by atoms with Crippen LogP contribution in [0.5, 0.6) is 0 Å². The van der Waals surface area contributed by atoms with Gasteiger partial charge in [0.25, 0.3) is 0 Å². The monoisotopic (exact) mass is 227 g/mol. The van der Waals surface area contributed by atoms with Crippen LogP contribution in [0.1, 0.15) is 26.7 Å². The van der Waals surface area contributed by atoms with Crippen molar-refractivity contribution in [1.29, 1.82) is 0 Å². The third kappa shape index (κ3) is 4.81. The minimum atomic E-state index is 0.768. The van der Waals surface area contributed by atoms with Gasteiger partial charge in [0.2, 0.25) is 0 Å². The minimum Gasteiger partial charge on any atom is -0.314 e. The minimum absolute atomic E-state index is 0.768. The molecule has 1 fully saturated rings. The summed E-state index contributed by atoms with van der Waals surface area (Å²) in [5.41, 5.74) is 0. The number of nitrogens with one attached hydrogen (secondary N) is 1. The fraction of sp³-hybridized carbons (Fsp3) is 1.00. The average Bonchev–Trinajstić information content (AvgIpc) is 2.23. The lowest BCUT2D eigenvalue weighted by atomic mass is 9.92. The highest BCUT2D eigenvalue weighted by Crippen LogP contribution is 2.21. The molecular weight excluding hydrogens is 198 g/mol. The summed E-state index contributed by atoms with van der Waals surface area (Å²) in [6, 6.07) is 0.768. The van der Waals surface area contributed by atoms with Crippen molar-refractivity contribution in [2.45, 2.75) is 32.7 Å². The molecule has 1 aliphatic heterocycles.